The Labute approximate surface area is 77.0 Å². The fourth-order valence-corrected chi connectivity index (χ4v) is 0.946. The average Bonchev–Trinajstić information content (AvgIpc) is 2.67. The van der Waals surface area contributed by atoms with Crippen molar-refractivity contribution in [3.05, 3.63) is 11.6 Å². The maximum absolute atomic E-state index is 5.53. The fraction of sp³-hybridized carbons (Fsp3) is 0.571. The monoisotopic (exact) mass is 190 g/mol. The van der Waals surface area contributed by atoms with E-state index in [4.69, 9.17) is 23.8 Å². The summed E-state index contributed by atoms with van der Waals surface area (Å²) in [4.78, 5) is 0. The van der Waals surface area contributed by atoms with E-state index in [0.29, 0.717) is 22.7 Å². The molecule has 0 unspecified atom stereocenters. The Bertz CT molecular complexity index is 177. The van der Waals surface area contributed by atoms with E-state index in [9.17, 15) is 0 Å². The Morgan fingerprint density at radius 1 is 1.64 bits per heavy atom. The number of hydrogen-bond donors (Lipinski definition) is 2. The molecule has 1 aliphatic rings. The lowest BCUT2D eigenvalue weighted by Gasteiger charge is -2.07. The van der Waals surface area contributed by atoms with Gasteiger partial charge in [-0.3, -0.25) is 0 Å². The van der Waals surface area contributed by atoms with Crippen LogP contribution in [0.15, 0.2) is 11.6 Å². The molecule has 1 saturated carbocycles. The van der Waals surface area contributed by atoms with Gasteiger partial charge in [-0.05, 0) is 25.1 Å². The lowest BCUT2D eigenvalue weighted by molar-refractivity contribution is 0.865. The van der Waals surface area contributed by atoms with Gasteiger partial charge >= 0.3 is 0 Å². The highest BCUT2D eigenvalue weighted by Gasteiger charge is 2.21. The SMILES string of the molecule is C=C(Cl)CNC(=S)NC1CC1. The molecule has 0 heterocycles. The minimum atomic E-state index is 0.542. The van der Waals surface area contributed by atoms with Crippen molar-refractivity contribution in [2.24, 2.45) is 0 Å². The minimum Gasteiger partial charge on any atom is -0.360 e. The molecule has 2 N–H and O–H groups in total. The Kier molecular flexibility index (Phi) is 3.15. The summed E-state index contributed by atoms with van der Waals surface area (Å²) in [6.45, 7) is 4.08. The highest BCUT2D eigenvalue weighted by atomic mass is 35.5. The third-order valence-corrected chi connectivity index (χ3v) is 1.75. The van der Waals surface area contributed by atoms with E-state index in [1.54, 1.807) is 0 Å². The van der Waals surface area contributed by atoms with Crippen LogP contribution in [-0.2, 0) is 0 Å². The second kappa shape index (κ2) is 3.93. The third-order valence-electron chi connectivity index (χ3n) is 1.35. The standard InChI is InChI=1S/C7H11ClN2S/c1-5(8)4-9-7(11)10-6-2-3-6/h6H,1-4H2,(H2,9,10,11). The lowest BCUT2D eigenvalue weighted by atomic mass is 10.6. The zero-order chi connectivity index (χ0) is 8.27. The zero-order valence-corrected chi connectivity index (χ0v) is 7.76. The van der Waals surface area contributed by atoms with E-state index in [1.165, 1.54) is 12.8 Å². The van der Waals surface area contributed by atoms with Crippen LogP contribution in [0.25, 0.3) is 0 Å². The molecule has 0 atom stereocenters. The van der Waals surface area contributed by atoms with Crippen molar-refractivity contribution in [1.29, 1.82) is 0 Å². The number of rotatable bonds is 3. The molecule has 0 aromatic heterocycles. The first kappa shape index (κ1) is 8.81. The van der Waals surface area contributed by atoms with Crippen LogP contribution in [0, 0.1) is 0 Å². The van der Waals surface area contributed by atoms with Crippen LogP contribution in [0.3, 0.4) is 0 Å². The first-order chi connectivity index (χ1) is 5.18. The third kappa shape index (κ3) is 4.22. The summed E-state index contributed by atoms with van der Waals surface area (Å²) < 4.78 is 0. The van der Waals surface area contributed by atoms with Crippen LogP contribution < -0.4 is 10.6 Å². The largest absolute Gasteiger partial charge is 0.360 e. The van der Waals surface area contributed by atoms with Crippen LogP contribution in [0.2, 0.25) is 0 Å². The molecule has 0 amide bonds. The van der Waals surface area contributed by atoms with Crippen LogP contribution in [-0.4, -0.2) is 17.7 Å². The molecule has 1 fully saturated rings. The normalized spacial score (nSPS) is 15.7. The van der Waals surface area contributed by atoms with Gasteiger partial charge in [-0.2, -0.15) is 0 Å². The second-order valence-corrected chi connectivity index (χ2v) is 3.56. The average molecular weight is 191 g/mol. The summed E-state index contributed by atoms with van der Waals surface area (Å²) in [5, 5.41) is 7.32. The van der Waals surface area contributed by atoms with Crippen molar-refractivity contribution < 1.29 is 0 Å². The molecule has 11 heavy (non-hydrogen) atoms. The van der Waals surface area contributed by atoms with Crippen LogP contribution in [0.4, 0.5) is 0 Å². The predicted molar refractivity (Wildman–Crippen MR) is 51.8 cm³/mol. The quantitative estimate of drug-likeness (QED) is 0.658. The van der Waals surface area contributed by atoms with E-state index in [0.717, 1.165) is 0 Å². The molecule has 2 nitrogen and oxygen atoms in total. The van der Waals surface area contributed by atoms with Crippen LogP contribution in [0.5, 0.6) is 0 Å². The number of halogens is 1. The Morgan fingerprint density at radius 3 is 2.73 bits per heavy atom. The van der Waals surface area contributed by atoms with Crippen molar-refractivity contribution in [3.8, 4) is 0 Å². The summed E-state index contributed by atoms with van der Waals surface area (Å²) >= 11 is 10.5. The summed E-state index contributed by atoms with van der Waals surface area (Å²) in [6, 6.07) is 0.596. The molecule has 1 aliphatic carbocycles. The van der Waals surface area contributed by atoms with Gasteiger partial charge in [0.2, 0.25) is 0 Å². The Morgan fingerprint density at radius 2 is 2.27 bits per heavy atom. The summed E-state index contributed by atoms with van der Waals surface area (Å²) in [5.74, 6) is 0. The fourth-order valence-electron chi connectivity index (χ4n) is 0.640. The minimum absolute atomic E-state index is 0.542. The molecule has 0 bridgehead atoms. The smallest absolute Gasteiger partial charge is 0.166 e. The van der Waals surface area contributed by atoms with E-state index in [1.807, 2.05) is 0 Å². The van der Waals surface area contributed by atoms with E-state index in [2.05, 4.69) is 17.2 Å². The first-order valence-corrected chi connectivity index (χ1v) is 4.35. The van der Waals surface area contributed by atoms with E-state index in [-0.39, 0.29) is 0 Å². The maximum Gasteiger partial charge on any atom is 0.166 e. The van der Waals surface area contributed by atoms with E-state index < -0.39 is 0 Å². The number of nitrogens with one attached hydrogen (secondary N) is 2. The number of thiocarbonyl (C=S) groups is 1. The van der Waals surface area contributed by atoms with Gasteiger partial charge in [0, 0.05) is 11.1 Å². The molecule has 62 valence electrons. The van der Waals surface area contributed by atoms with Gasteiger partial charge in [0.15, 0.2) is 5.11 Å². The molecule has 1 rings (SSSR count). The van der Waals surface area contributed by atoms with Crippen molar-refractivity contribution >= 4 is 28.9 Å². The highest BCUT2D eigenvalue weighted by Crippen LogP contribution is 2.18. The van der Waals surface area contributed by atoms with Gasteiger partial charge in [0.1, 0.15) is 0 Å². The van der Waals surface area contributed by atoms with Crippen molar-refractivity contribution in [2.45, 2.75) is 18.9 Å². The van der Waals surface area contributed by atoms with Crippen molar-refractivity contribution in [2.75, 3.05) is 6.54 Å². The molecule has 0 radical (unpaired) electrons. The van der Waals surface area contributed by atoms with Crippen molar-refractivity contribution in [3.63, 3.8) is 0 Å². The van der Waals surface area contributed by atoms with Crippen molar-refractivity contribution in [1.82, 2.24) is 10.6 Å². The Hall–Kier alpha value is -0.280. The van der Waals surface area contributed by atoms with Crippen LogP contribution in [0.1, 0.15) is 12.8 Å². The molecule has 0 aromatic carbocycles. The second-order valence-electron chi connectivity index (χ2n) is 2.62. The predicted octanol–water partition coefficient (Wildman–Crippen LogP) is 1.37. The number of hydrogen-bond acceptors (Lipinski definition) is 1. The molecular weight excluding hydrogens is 180 g/mol. The topological polar surface area (TPSA) is 24.1 Å². The highest BCUT2D eigenvalue weighted by molar-refractivity contribution is 7.80. The molecule has 0 spiro atoms. The lowest BCUT2D eigenvalue weighted by Crippen LogP contribution is -2.36. The maximum atomic E-state index is 5.53. The van der Waals surface area contributed by atoms with Gasteiger partial charge in [0.05, 0.1) is 6.54 Å². The first-order valence-electron chi connectivity index (χ1n) is 3.56. The summed E-state index contributed by atoms with van der Waals surface area (Å²) in [6.07, 6.45) is 2.45. The van der Waals surface area contributed by atoms with Gasteiger partial charge < -0.3 is 10.6 Å². The van der Waals surface area contributed by atoms with Gasteiger partial charge in [-0.25, -0.2) is 0 Å². The summed E-state index contributed by atoms with van der Waals surface area (Å²) in [7, 11) is 0. The molecule has 0 saturated heterocycles. The Balaban J connectivity index is 2.04. The molecular formula is C7H11ClN2S. The molecule has 4 heteroatoms. The zero-order valence-electron chi connectivity index (χ0n) is 6.19. The van der Waals surface area contributed by atoms with E-state index >= 15 is 0 Å². The molecule has 0 aromatic rings. The van der Waals surface area contributed by atoms with Crippen LogP contribution >= 0.6 is 23.8 Å². The van der Waals surface area contributed by atoms with Gasteiger partial charge in [0.25, 0.3) is 0 Å². The van der Waals surface area contributed by atoms with Gasteiger partial charge in [-0.1, -0.05) is 18.2 Å². The van der Waals surface area contributed by atoms with Gasteiger partial charge in [-0.15, -0.1) is 0 Å². The summed E-state index contributed by atoms with van der Waals surface area (Å²) in [5.41, 5.74) is 0. The molecule has 0 aliphatic heterocycles.